The van der Waals surface area contributed by atoms with Crippen molar-refractivity contribution in [2.45, 2.75) is 52.1 Å². The summed E-state index contributed by atoms with van der Waals surface area (Å²) in [6.07, 6.45) is 1.41. The highest BCUT2D eigenvalue weighted by Crippen LogP contribution is 2.34. The number of likely N-dealkylation sites (tertiary alicyclic amines) is 1. The van der Waals surface area contributed by atoms with E-state index in [9.17, 15) is 14.7 Å². The highest BCUT2D eigenvalue weighted by atomic mass is 35.5. The molecular formula is C20H28ClNO4. The van der Waals surface area contributed by atoms with Gasteiger partial charge in [0.15, 0.2) is 0 Å². The summed E-state index contributed by atoms with van der Waals surface area (Å²) < 4.78 is 5.38. The smallest absolute Gasteiger partial charge is 0.410 e. The van der Waals surface area contributed by atoms with Gasteiger partial charge in [-0.2, -0.15) is 0 Å². The topological polar surface area (TPSA) is 66.8 Å². The third-order valence-electron chi connectivity index (χ3n) is 4.85. The van der Waals surface area contributed by atoms with Gasteiger partial charge in [-0.15, -0.1) is 0 Å². The van der Waals surface area contributed by atoms with E-state index in [1.54, 1.807) is 4.90 Å². The molecule has 1 aliphatic heterocycles. The second kappa shape index (κ2) is 8.40. The van der Waals surface area contributed by atoms with Crippen LogP contribution in [0.3, 0.4) is 0 Å². The Morgan fingerprint density at radius 2 is 1.85 bits per heavy atom. The van der Waals surface area contributed by atoms with Crippen molar-refractivity contribution >= 4 is 23.5 Å². The molecule has 0 unspecified atom stereocenters. The van der Waals surface area contributed by atoms with Crippen LogP contribution in [0.15, 0.2) is 24.3 Å². The number of ether oxygens (including phenoxy) is 1. The highest BCUT2D eigenvalue weighted by Gasteiger charge is 2.41. The van der Waals surface area contributed by atoms with Crippen LogP contribution in [0.25, 0.3) is 0 Å². The Morgan fingerprint density at radius 1 is 1.23 bits per heavy atom. The van der Waals surface area contributed by atoms with Crippen LogP contribution < -0.4 is 0 Å². The molecule has 0 saturated carbocycles. The summed E-state index contributed by atoms with van der Waals surface area (Å²) in [5.41, 5.74) is -0.394. The molecule has 1 fully saturated rings. The van der Waals surface area contributed by atoms with Crippen molar-refractivity contribution in [1.29, 1.82) is 0 Å². The van der Waals surface area contributed by atoms with E-state index in [1.165, 1.54) is 0 Å². The number of piperidine rings is 1. The molecule has 2 rings (SSSR count). The van der Waals surface area contributed by atoms with E-state index in [2.05, 4.69) is 0 Å². The van der Waals surface area contributed by atoms with Crippen molar-refractivity contribution < 1.29 is 19.4 Å². The molecule has 1 heterocycles. The number of halogens is 1. The molecule has 1 aromatic carbocycles. The number of amides is 1. The van der Waals surface area contributed by atoms with Crippen LogP contribution in [0, 0.1) is 5.41 Å². The lowest BCUT2D eigenvalue weighted by Gasteiger charge is -2.40. The number of aryl methyl sites for hydroxylation is 1. The SMILES string of the molecule is CC(C)(C)OC(=O)N1CCC(CO)(C(=O)CCc2ccccc2Cl)CC1. The number of aliphatic hydroxyl groups excluding tert-OH is 1. The third-order valence-corrected chi connectivity index (χ3v) is 5.21. The van der Waals surface area contributed by atoms with Crippen LogP contribution in [0.4, 0.5) is 4.79 Å². The predicted molar refractivity (Wildman–Crippen MR) is 101 cm³/mol. The predicted octanol–water partition coefficient (Wildman–Crippen LogP) is 3.85. The normalized spacial score (nSPS) is 17.0. The van der Waals surface area contributed by atoms with Gasteiger partial charge in [0.1, 0.15) is 11.4 Å². The van der Waals surface area contributed by atoms with Gasteiger partial charge >= 0.3 is 6.09 Å². The van der Waals surface area contributed by atoms with E-state index in [-0.39, 0.29) is 18.5 Å². The van der Waals surface area contributed by atoms with Crippen molar-refractivity contribution in [3.05, 3.63) is 34.9 Å². The molecule has 1 N–H and O–H groups in total. The summed E-state index contributed by atoms with van der Waals surface area (Å²) in [4.78, 5) is 26.6. The zero-order chi connectivity index (χ0) is 19.4. The van der Waals surface area contributed by atoms with Crippen molar-refractivity contribution in [1.82, 2.24) is 4.90 Å². The maximum Gasteiger partial charge on any atom is 0.410 e. The first-order valence-electron chi connectivity index (χ1n) is 9.02. The van der Waals surface area contributed by atoms with E-state index in [0.717, 1.165) is 5.56 Å². The second-order valence-corrected chi connectivity index (χ2v) is 8.33. The van der Waals surface area contributed by atoms with Crippen molar-refractivity contribution in [3.8, 4) is 0 Å². The monoisotopic (exact) mass is 381 g/mol. The number of hydrogen-bond donors (Lipinski definition) is 1. The fourth-order valence-electron chi connectivity index (χ4n) is 3.18. The van der Waals surface area contributed by atoms with Crippen molar-refractivity contribution in [2.75, 3.05) is 19.7 Å². The van der Waals surface area contributed by atoms with E-state index in [1.807, 2.05) is 45.0 Å². The fraction of sp³-hybridized carbons (Fsp3) is 0.600. The van der Waals surface area contributed by atoms with Crippen LogP contribution in [0.1, 0.15) is 45.6 Å². The summed E-state index contributed by atoms with van der Waals surface area (Å²) in [7, 11) is 0. The lowest BCUT2D eigenvalue weighted by molar-refractivity contribution is -0.134. The number of benzene rings is 1. The van der Waals surface area contributed by atoms with Crippen LogP contribution in [-0.2, 0) is 16.0 Å². The minimum Gasteiger partial charge on any atom is -0.444 e. The van der Waals surface area contributed by atoms with Crippen LogP contribution in [0.2, 0.25) is 5.02 Å². The summed E-state index contributed by atoms with van der Waals surface area (Å²) in [5.74, 6) is 0.0313. The minimum absolute atomic E-state index is 0.0313. The minimum atomic E-state index is -0.778. The maximum atomic E-state index is 12.8. The number of Topliss-reactive ketones (excluding diaryl/α,β-unsaturated/α-hetero) is 1. The zero-order valence-electron chi connectivity index (χ0n) is 15.8. The van der Waals surface area contributed by atoms with Crippen molar-refractivity contribution in [2.24, 2.45) is 5.41 Å². The Bertz CT molecular complexity index is 645. The summed E-state index contributed by atoms with van der Waals surface area (Å²) in [6.45, 7) is 6.10. The molecule has 1 saturated heterocycles. The van der Waals surface area contributed by atoms with E-state index < -0.39 is 11.0 Å². The molecule has 144 valence electrons. The number of ketones is 1. The van der Waals surface area contributed by atoms with Gasteiger partial charge in [0.2, 0.25) is 0 Å². The molecule has 6 heteroatoms. The van der Waals surface area contributed by atoms with Gasteiger partial charge in [-0.25, -0.2) is 4.79 Å². The first kappa shape index (κ1) is 20.7. The number of nitrogens with zero attached hydrogens (tertiary/aromatic N) is 1. The largest absolute Gasteiger partial charge is 0.444 e. The van der Waals surface area contributed by atoms with Crippen molar-refractivity contribution in [3.63, 3.8) is 0 Å². The summed E-state index contributed by atoms with van der Waals surface area (Å²) >= 11 is 6.15. The number of carbonyl (C=O) groups excluding carboxylic acids is 2. The van der Waals surface area contributed by atoms with Gasteiger partial charge < -0.3 is 14.7 Å². The molecule has 0 radical (unpaired) electrons. The molecule has 0 atom stereocenters. The number of rotatable bonds is 5. The summed E-state index contributed by atoms with van der Waals surface area (Å²) in [5, 5.41) is 10.5. The van der Waals surface area contributed by atoms with E-state index in [4.69, 9.17) is 16.3 Å². The second-order valence-electron chi connectivity index (χ2n) is 7.92. The standard InChI is InChI=1S/C20H28ClNO4/c1-19(2,3)26-18(25)22-12-10-20(14-23,11-13-22)17(24)9-8-15-6-4-5-7-16(15)21/h4-7,23H,8-14H2,1-3H3. The van der Waals surface area contributed by atoms with E-state index >= 15 is 0 Å². The average Bonchev–Trinajstić information content (AvgIpc) is 2.59. The maximum absolute atomic E-state index is 12.8. The van der Waals surface area contributed by atoms with Gasteiger partial charge in [-0.1, -0.05) is 29.8 Å². The molecular weight excluding hydrogens is 354 g/mol. The van der Waals surface area contributed by atoms with Crippen LogP contribution in [-0.4, -0.2) is 47.2 Å². The first-order valence-corrected chi connectivity index (χ1v) is 9.40. The lowest BCUT2D eigenvalue weighted by atomic mass is 9.74. The number of aliphatic hydroxyl groups is 1. The van der Waals surface area contributed by atoms with Crippen LogP contribution in [0.5, 0.6) is 0 Å². The molecule has 0 bridgehead atoms. The lowest BCUT2D eigenvalue weighted by Crippen LogP contribution is -2.49. The van der Waals surface area contributed by atoms with Gasteiger partial charge in [-0.05, 0) is 51.7 Å². The average molecular weight is 382 g/mol. The molecule has 1 aliphatic rings. The zero-order valence-corrected chi connectivity index (χ0v) is 16.5. The van der Waals surface area contributed by atoms with E-state index in [0.29, 0.717) is 43.8 Å². The molecule has 1 amide bonds. The van der Waals surface area contributed by atoms with Gasteiger partial charge in [0.05, 0.1) is 12.0 Å². The number of carbonyl (C=O) groups is 2. The quantitative estimate of drug-likeness (QED) is 0.841. The molecule has 0 aromatic heterocycles. The first-order chi connectivity index (χ1) is 12.2. The molecule has 5 nitrogen and oxygen atoms in total. The molecule has 0 aliphatic carbocycles. The number of hydrogen-bond acceptors (Lipinski definition) is 4. The third kappa shape index (κ3) is 5.21. The van der Waals surface area contributed by atoms with Gasteiger partial charge in [0.25, 0.3) is 0 Å². The highest BCUT2D eigenvalue weighted by molar-refractivity contribution is 6.31. The molecule has 0 spiro atoms. The molecule has 1 aromatic rings. The van der Waals surface area contributed by atoms with Crippen LogP contribution >= 0.6 is 11.6 Å². The molecule has 26 heavy (non-hydrogen) atoms. The summed E-state index contributed by atoms with van der Waals surface area (Å²) in [6, 6.07) is 7.47. The Balaban J connectivity index is 1.94. The Kier molecular flexibility index (Phi) is 6.69. The Hall–Kier alpha value is -1.59. The Morgan fingerprint density at radius 3 is 2.38 bits per heavy atom. The fourth-order valence-corrected chi connectivity index (χ4v) is 3.41. The van der Waals surface area contributed by atoms with Gasteiger partial charge in [0, 0.05) is 24.5 Å². The van der Waals surface area contributed by atoms with Gasteiger partial charge in [-0.3, -0.25) is 4.79 Å². The Labute approximate surface area is 160 Å².